The summed E-state index contributed by atoms with van der Waals surface area (Å²) in [6.45, 7) is 1.24. The summed E-state index contributed by atoms with van der Waals surface area (Å²) in [5, 5.41) is 3.15. The minimum Gasteiger partial charge on any atom is -0.405 e. The van der Waals surface area contributed by atoms with E-state index in [-0.39, 0.29) is 5.75 Å². The number of ether oxygens (including phenoxy) is 1. The second kappa shape index (κ2) is 5.61. The first-order chi connectivity index (χ1) is 8.54. The van der Waals surface area contributed by atoms with Crippen LogP contribution in [0.1, 0.15) is 24.8 Å². The van der Waals surface area contributed by atoms with Crippen molar-refractivity contribution in [3.8, 4) is 5.75 Å². The predicted octanol–water partition coefficient (Wildman–Crippen LogP) is 3.47. The van der Waals surface area contributed by atoms with E-state index in [1.807, 2.05) is 0 Å². The van der Waals surface area contributed by atoms with Crippen LogP contribution in [0.5, 0.6) is 5.75 Å². The first-order valence-electron chi connectivity index (χ1n) is 6.09. The third kappa shape index (κ3) is 4.56. The van der Waals surface area contributed by atoms with Crippen LogP contribution in [0.15, 0.2) is 24.3 Å². The van der Waals surface area contributed by atoms with Crippen molar-refractivity contribution in [3.63, 3.8) is 0 Å². The maximum absolute atomic E-state index is 12.2. The Morgan fingerprint density at radius 1 is 1.22 bits per heavy atom. The van der Waals surface area contributed by atoms with Crippen LogP contribution in [-0.4, -0.2) is 12.9 Å². The molecule has 0 bridgehead atoms. The van der Waals surface area contributed by atoms with Gasteiger partial charge < -0.3 is 10.1 Å². The lowest BCUT2D eigenvalue weighted by Gasteiger charge is -2.13. The van der Waals surface area contributed by atoms with E-state index >= 15 is 0 Å². The fourth-order valence-electron chi connectivity index (χ4n) is 1.81. The normalized spacial score (nSPS) is 15.7. The van der Waals surface area contributed by atoms with Gasteiger partial charge in [0.25, 0.3) is 0 Å². The first kappa shape index (κ1) is 13.2. The highest BCUT2D eigenvalue weighted by molar-refractivity contribution is 5.33. The molecule has 5 heteroatoms. The van der Waals surface area contributed by atoms with Gasteiger partial charge in [-0.25, -0.2) is 0 Å². The molecule has 0 unspecified atom stereocenters. The van der Waals surface area contributed by atoms with Gasteiger partial charge in [0.2, 0.25) is 0 Å². The lowest BCUT2D eigenvalue weighted by Crippen LogP contribution is -2.20. The van der Waals surface area contributed by atoms with Gasteiger partial charge >= 0.3 is 6.36 Å². The van der Waals surface area contributed by atoms with Gasteiger partial charge in [0.15, 0.2) is 0 Å². The van der Waals surface area contributed by atoms with E-state index in [1.54, 1.807) is 12.1 Å². The zero-order valence-corrected chi connectivity index (χ0v) is 9.96. The second-order valence-corrected chi connectivity index (χ2v) is 4.56. The van der Waals surface area contributed by atoms with E-state index in [9.17, 15) is 13.2 Å². The number of para-hydroxylation sites is 1. The average molecular weight is 259 g/mol. The Morgan fingerprint density at radius 2 is 1.94 bits per heavy atom. The highest BCUT2D eigenvalue weighted by atomic mass is 19.4. The molecular formula is C13H16F3NO. The first-order valence-corrected chi connectivity index (χ1v) is 6.09. The number of hydrogen-bond acceptors (Lipinski definition) is 2. The molecule has 0 heterocycles. The molecule has 100 valence electrons. The number of nitrogens with one attached hydrogen (secondary N) is 1. The summed E-state index contributed by atoms with van der Waals surface area (Å²) in [4.78, 5) is 0. The summed E-state index contributed by atoms with van der Waals surface area (Å²) in [5.74, 6) is 0.697. The van der Waals surface area contributed by atoms with Gasteiger partial charge in [0, 0.05) is 12.1 Å². The van der Waals surface area contributed by atoms with Crippen molar-refractivity contribution in [2.45, 2.75) is 32.2 Å². The average Bonchev–Trinajstić information content (AvgIpc) is 3.08. The molecule has 1 N–H and O–H groups in total. The van der Waals surface area contributed by atoms with Gasteiger partial charge in [-0.2, -0.15) is 0 Å². The zero-order valence-electron chi connectivity index (χ0n) is 9.96. The standard InChI is InChI=1S/C13H16F3NO/c14-13(15,16)18-12-4-2-1-3-11(12)9-17-8-7-10-5-6-10/h1-4,10,17H,5-9H2. The van der Waals surface area contributed by atoms with Crippen molar-refractivity contribution >= 4 is 0 Å². The number of benzene rings is 1. The van der Waals surface area contributed by atoms with Crippen LogP contribution in [0.25, 0.3) is 0 Å². The van der Waals surface area contributed by atoms with Crippen molar-refractivity contribution in [3.05, 3.63) is 29.8 Å². The number of alkyl halides is 3. The SMILES string of the molecule is FC(F)(F)Oc1ccccc1CNCCC1CC1. The predicted molar refractivity (Wildman–Crippen MR) is 62.2 cm³/mol. The van der Waals surface area contributed by atoms with Crippen LogP contribution in [0.3, 0.4) is 0 Å². The van der Waals surface area contributed by atoms with Crippen molar-refractivity contribution in [2.24, 2.45) is 5.92 Å². The van der Waals surface area contributed by atoms with Gasteiger partial charge in [-0.05, 0) is 24.9 Å². The maximum Gasteiger partial charge on any atom is 0.573 e. The fraction of sp³-hybridized carbons (Fsp3) is 0.538. The lowest BCUT2D eigenvalue weighted by molar-refractivity contribution is -0.274. The topological polar surface area (TPSA) is 21.3 Å². The summed E-state index contributed by atoms with van der Waals surface area (Å²) >= 11 is 0. The van der Waals surface area contributed by atoms with Gasteiger partial charge in [-0.1, -0.05) is 31.0 Å². The van der Waals surface area contributed by atoms with E-state index in [4.69, 9.17) is 0 Å². The summed E-state index contributed by atoms with van der Waals surface area (Å²) in [5.41, 5.74) is 0.533. The fourth-order valence-corrected chi connectivity index (χ4v) is 1.81. The van der Waals surface area contributed by atoms with Gasteiger partial charge in [0.05, 0.1) is 0 Å². The van der Waals surface area contributed by atoms with Crippen LogP contribution in [0, 0.1) is 5.92 Å². The van der Waals surface area contributed by atoms with E-state index in [0.717, 1.165) is 18.9 Å². The maximum atomic E-state index is 12.2. The van der Waals surface area contributed by atoms with Crippen molar-refractivity contribution in [1.29, 1.82) is 0 Å². The highest BCUT2D eigenvalue weighted by Crippen LogP contribution is 2.31. The Morgan fingerprint density at radius 3 is 2.61 bits per heavy atom. The monoisotopic (exact) mass is 259 g/mol. The summed E-state index contributed by atoms with van der Waals surface area (Å²) in [7, 11) is 0. The molecule has 2 rings (SSSR count). The van der Waals surface area contributed by atoms with Gasteiger partial charge in [0.1, 0.15) is 5.75 Å². The molecule has 1 aliphatic carbocycles. The van der Waals surface area contributed by atoms with Crippen molar-refractivity contribution < 1.29 is 17.9 Å². The molecule has 0 aromatic heterocycles. The Bertz CT molecular complexity index is 388. The molecule has 0 aliphatic heterocycles. The Balaban J connectivity index is 1.85. The van der Waals surface area contributed by atoms with Crippen LogP contribution in [0.4, 0.5) is 13.2 Å². The molecule has 0 saturated heterocycles. The van der Waals surface area contributed by atoms with Gasteiger partial charge in [-0.3, -0.25) is 0 Å². The Kier molecular flexibility index (Phi) is 4.11. The molecule has 0 spiro atoms. The number of rotatable bonds is 6. The van der Waals surface area contributed by atoms with Crippen LogP contribution in [-0.2, 0) is 6.54 Å². The summed E-state index contributed by atoms with van der Waals surface area (Å²) in [6, 6.07) is 6.23. The van der Waals surface area contributed by atoms with Crippen LogP contribution in [0.2, 0.25) is 0 Å². The van der Waals surface area contributed by atoms with E-state index < -0.39 is 6.36 Å². The molecule has 2 nitrogen and oxygen atoms in total. The molecule has 1 fully saturated rings. The molecule has 1 aromatic carbocycles. The molecule has 18 heavy (non-hydrogen) atoms. The number of hydrogen-bond donors (Lipinski definition) is 1. The van der Waals surface area contributed by atoms with E-state index in [1.165, 1.54) is 25.0 Å². The summed E-state index contributed by atoms with van der Waals surface area (Å²) in [6.07, 6.45) is -0.961. The second-order valence-electron chi connectivity index (χ2n) is 4.56. The lowest BCUT2D eigenvalue weighted by atomic mass is 10.2. The zero-order chi connectivity index (χ0) is 13.0. The minimum atomic E-state index is -4.63. The third-order valence-electron chi connectivity index (χ3n) is 2.94. The third-order valence-corrected chi connectivity index (χ3v) is 2.94. The minimum absolute atomic E-state index is 0.121. The Labute approximate surface area is 104 Å². The smallest absolute Gasteiger partial charge is 0.405 e. The highest BCUT2D eigenvalue weighted by Gasteiger charge is 2.31. The molecular weight excluding hydrogens is 243 g/mol. The van der Waals surface area contributed by atoms with Crippen LogP contribution < -0.4 is 10.1 Å². The van der Waals surface area contributed by atoms with Crippen molar-refractivity contribution in [2.75, 3.05) is 6.54 Å². The Hall–Kier alpha value is -1.23. The van der Waals surface area contributed by atoms with Crippen LogP contribution >= 0.6 is 0 Å². The molecule has 0 atom stereocenters. The number of halogens is 3. The molecule has 0 amide bonds. The largest absolute Gasteiger partial charge is 0.573 e. The van der Waals surface area contributed by atoms with E-state index in [0.29, 0.717) is 12.1 Å². The summed E-state index contributed by atoms with van der Waals surface area (Å²) < 4.78 is 40.5. The molecule has 1 aliphatic rings. The molecule has 1 saturated carbocycles. The molecule has 0 radical (unpaired) electrons. The quantitative estimate of drug-likeness (QED) is 0.790. The van der Waals surface area contributed by atoms with Gasteiger partial charge in [-0.15, -0.1) is 13.2 Å². The van der Waals surface area contributed by atoms with E-state index in [2.05, 4.69) is 10.1 Å². The molecule has 1 aromatic rings. The van der Waals surface area contributed by atoms with Crippen molar-refractivity contribution in [1.82, 2.24) is 5.32 Å².